The van der Waals surface area contributed by atoms with E-state index in [4.69, 9.17) is 0 Å². The zero-order valence-electron chi connectivity index (χ0n) is 12.4. The van der Waals surface area contributed by atoms with Crippen LogP contribution in [0.1, 0.15) is 12.5 Å². The van der Waals surface area contributed by atoms with Crippen molar-refractivity contribution >= 4 is 21.6 Å². The van der Waals surface area contributed by atoms with Gasteiger partial charge in [0.2, 0.25) is 15.9 Å². The van der Waals surface area contributed by atoms with E-state index in [1.165, 1.54) is 6.92 Å². The molecule has 1 amide bonds. The third kappa shape index (κ3) is 2.15. The van der Waals surface area contributed by atoms with E-state index in [2.05, 4.69) is 10.0 Å². The molecule has 0 spiro atoms. The number of hydrogen-bond acceptors (Lipinski definition) is 4. The van der Waals surface area contributed by atoms with Crippen molar-refractivity contribution in [3.8, 4) is 0 Å². The first-order valence-electron chi connectivity index (χ1n) is 7.61. The maximum atomic E-state index is 12.6. The fourth-order valence-corrected chi connectivity index (χ4v) is 5.05. The molecule has 0 bridgehead atoms. The number of fused-ring (bicyclic) bond motifs is 2. The van der Waals surface area contributed by atoms with Gasteiger partial charge in [0.05, 0.1) is 4.90 Å². The molecule has 2 aliphatic heterocycles. The second-order valence-corrected chi connectivity index (χ2v) is 8.06. The van der Waals surface area contributed by atoms with Crippen LogP contribution in [0.5, 0.6) is 0 Å². The molecule has 1 saturated carbocycles. The zero-order chi connectivity index (χ0) is 15.5. The topological polar surface area (TPSA) is 78.5 Å². The number of carbonyl (C=O) groups excluding carboxylic acids is 1. The Labute approximate surface area is 129 Å². The fraction of sp³-hybridized carbons (Fsp3) is 0.533. The fourth-order valence-electron chi connectivity index (χ4n) is 3.69. The lowest BCUT2D eigenvalue weighted by atomic mass is 10.2. The molecular formula is C15H19N3O3S. The Hall–Kier alpha value is -1.44. The van der Waals surface area contributed by atoms with Crippen molar-refractivity contribution in [3.63, 3.8) is 0 Å². The van der Waals surface area contributed by atoms with Gasteiger partial charge in [0.1, 0.15) is 0 Å². The lowest BCUT2D eigenvalue weighted by Crippen LogP contribution is -2.32. The van der Waals surface area contributed by atoms with Crippen LogP contribution < -0.4 is 14.9 Å². The molecular weight excluding hydrogens is 302 g/mol. The van der Waals surface area contributed by atoms with E-state index in [9.17, 15) is 13.2 Å². The van der Waals surface area contributed by atoms with Crippen molar-refractivity contribution in [2.45, 2.75) is 24.3 Å². The first kappa shape index (κ1) is 14.2. The number of amides is 1. The van der Waals surface area contributed by atoms with Gasteiger partial charge in [-0.3, -0.25) is 4.79 Å². The van der Waals surface area contributed by atoms with E-state index in [0.29, 0.717) is 18.4 Å². The number of piperidine rings is 1. The zero-order valence-corrected chi connectivity index (χ0v) is 13.2. The van der Waals surface area contributed by atoms with Crippen molar-refractivity contribution < 1.29 is 13.2 Å². The maximum absolute atomic E-state index is 12.6. The Balaban J connectivity index is 1.60. The van der Waals surface area contributed by atoms with E-state index in [0.717, 1.165) is 30.8 Å². The average Bonchev–Trinajstić information content (AvgIpc) is 2.90. The molecule has 2 N–H and O–H groups in total. The Kier molecular flexibility index (Phi) is 3.08. The minimum atomic E-state index is -3.53. The summed E-state index contributed by atoms with van der Waals surface area (Å²) in [7, 11) is -3.53. The smallest absolute Gasteiger partial charge is 0.240 e. The Morgan fingerprint density at radius 1 is 1.32 bits per heavy atom. The van der Waals surface area contributed by atoms with Gasteiger partial charge >= 0.3 is 0 Å². The molecule has 2 atom stereocenters. The van der Waals surface area contributed by atoms with Gasteiger partial charge in [-0.05, 0) is 49.0 Å². The van der Waals surface area contributed by atoms with Gasteiger partial charge in [0.15, 0.2) is 0 Å². The Morgan fingerprint density at radius 2 is 2.05 bits per heavy atom. The number of nitrogens with one attached hydrogen (secondary N) is 2. The molecule has 1 aromatic carbocycles. The van der Waals surface area contributed by atoms with Gasteiger partial charge in [0, 0.05) is 25.2 Å². The molecule has 1 aliphatic carbocycles. The molecule has 3 aliphatic rings. The lowest BCUT2D eigenvalue weighted by molar-refractivity contribution is -0.116. The number of benzene rings is 1. The number of sulfonamides is 1. The summed E-state index contributed by atoms with van der Waals surface area (Å²) >= 11 is 0. The maximum Gasteiger partial charge on any atom is 0.240 e. The molecule has 6 nitrogen and oxygen atoms in total. The van der Waals surface area contributed by atoms with Crippen LogP contribution in [0.2, 0.25) is 0 Å². The minimum absolute atomic E-state index is 0.0518. The molecule has 4 rings (SSSR count). The Bertz CT molecular complexity index is 736. The van der Waals surface area contributed by atoms with Crippen LogP contribution in [0, 0.1) is 11.8 Å². The number of anilines is 1. The van der Waals surface area contributed by atoms with Crippen molar-refractivity contribution in [2.75, 3.05) is 24.5 Å². The summed E-state index contributed by atoms with van der Waals surface area (Å²) in [5.74, 6) is 0.805. The number of hydrogen-bond donors (Lipinski definition) is 2. The van der Waals surface area contributed by atoms with Crippen molar-refractivity contribution in [2.24, 2.45) is 11.8 Å². The van der Waals surface area contributed by atoms with E-state index in [-0.39, 0.29) is 16.8 Å². The number of rotatable bonds is 3. The average molecular weight is 321 g/mol. The van der Waals surface area contributed by atoms with Crippen LogP contribution in [0.25, 0.3) is 0 Å². The van der Waals surface area contributed by atoms with E-state index >= 15 is 0 Å². The summed E-state index contributed by atoms with van der Waals surface area (Å²) < 4.78 is 27.9. The van der Waals surface area contributed by atoms with Crippen LogP contribution in [-0.2, 0) is 21.2 Å². The predicted molar refractivity (Wildman–Crippen MR) is 82.1 cm³/mol. The van der Waals surface area contributed by atoms with Crippen LogP contribution in [-0.4, -0.2) is 40.0 Å². The number of nitrogens with zero attached hydrogens (tertiary/aromatic N) is 1. The third-order valence-electron chi connectivity index (χ3n) is 5.03. The summed E-state index contributed by atoms with van der Waals surface area (Å²) in [6.45, 7) is 3.91. The lowest BCUT2D eigenvalue weighted by Gasteiger charge is -2.16. The van der Waals surface area contributed by atoms with Gasteiger partial charge in [0.25, 0.3) is 0 Å². The Morgan fingerprint density at radius 3 is 2.73 bits per heavy atom. The minimum Gasteiger partial charge on any atom is -0.316 e. The van der Waals surface area contributed by atoms with Gasteiger partial charge in [-0.1, -0.05) is 6.07 Å². The normalized spacial score (nSPS) is 29.3. The molecule has 118 valence electrons. The summed E-state index contributed by atoms with van der Waals surface area (Å²) in [5.41, 5.74) is 1.76. The van der Waals surface area contributed by atoms with E-state index in [1.54, 1.807) is 17.0 Å². The van der Waals surface area contributed by atoms with Gasteiger partial charge < -0.3 is 10.2 Å². The van der Waals surface area contributed by atoms with Gasteiger partial charge in [-0.25, -0.2) is 13.1 Å². The molecule has 7 heteroatoms. The second kappa shape index (κ2) is 4.78. The van der Waals surface area contributed by atoms with E-state index < -0.39 is 10.0 Å². The highest BCUT2D eigenvalue weighted by Crippen LogP contribution is 2.42. The van der Waals surface area contributed by atoms with Gasteiger partial charge in [-0.15, -0.1) is 0 Å². The largest absolute Gasteiger partial charge is 0.316 e. The molecule has 0 aromatic heterocycles. The highest BCUT2D eigenvalue weighted by molar-refractivity contribution is 7.89. The van der Waals surface area contributed by atoms with Crippen molar-refractivity contribution in [3.05, 3.63) is 23.8 Å². The SMILES string of the molecule is CC(=O)N1CCc2ccc(S(=O)(=O)NC3C4CNCC43)cc21. The standard InChI is InChI=1S/C15H19N3O3S/c1-9(19)18-5-4-10-2-3-11(6-14(10)18)22(20,21)17-15-12-7-16-8-13(12)15/h2-3,6,12-13,15-17H,4-5,7-8H2,1H3. The summed E-state index contributed by atoms with van der Waals surface area (Å²) in [4.78, 5) is 13.5. The summed E-state index contributed by atoms with van der Waals surface area (Å²) in [6.07, 6.45) is 0.779. The van der Waals surface area contributed by atoms with Crippen molar-refractivity contribution in [1.82, 2.24) is 10.0 Å². The summed E-state index contributed by atoms with van der Waals surface area (Å²) in [5, 5.41) is 3.25. The molecule has 0 radical (unpaired) electrons. The third-order valence-corrected chi connectivity index (χ3v) is 6.48. The first-order chi connectivity index (χ1) is 10.5. The monoisotopic (exact) mass is 321 g/mol. The predicted octanol–water partition coefficient (Wildman–Crippen LogP) is 0.0917. The molecule has 22 heavy (non-hydrogen) atoms. The second-order valence-electron chi connectivity index (χ2n) is 6.34. The molecule has 2 unspecified atom stereocenters. The molecule has 2 heterocycles. The van der Waals surface area contributed by atoms with Gasteiger partial charge in [-0.2, -0.15) is 0 Å². The van der Waals surface area contributed by atoms with Crippen LogP contribution in [0.4, 0.5) is 5.69 Å². The highest BCUT2D eigenvalue weighted by atomic mass is 32.2. The molecule has 2 fully saturated rings. The molecule has 1 saturated heterocycles. The van der Waals surface area contributed by atoms with Crippen LogP contribution in [0.3, 0.4) is 0 Å². The van der Waals surface area contributed by atoms with Crippen LogP contribution in [0.15, 0.2) is 23.1 Å². The van der Waals surface area contributed by atoms with E-state index in [1.807, 2.05) is 6.07 Å². The summed E-state index contributed by atoms with van der Waals surface area (Å²) in [6, 6.07) is 5.15. The molecule has 1 aromatic rings. The quantitative estimate of drug-likeness (QED) is 0.827. The van der Waals surface area contributed by atoms with Crippen LogP contribution >= 0.6 is 0 Å². The number of carbonyl (C=O) groups is 1. The van der Waals surface area contributed by atoms with Crippen molar-refractivity contribution in [1.29, 1.82) is 0 Å². The first-order valence-corrected chi connectivity index (χ1v) is 9.10. The highest BCUT2D eigenvalue weighted by Gasteiger charge is 2.54.